The molecule has 0 aliphatic carbocycles. The number of nitrogens with zero attached hydrogens (tertiary/aromatic N) is 2. The minimum atomic E-state index is -0.478. The third-order valence-corrected chi connectivity index (χ3v) is 4.82. The van der Waals surface area contributed by atoms with Gasteiger partial charge in [-0.3, -0.25) is 9.80 Å². The molecule has 21 heavy (non-hydrogen) atoms. The lowest BCUT2D eigenvalue weighted by atomic mass is 10.1. The number of β-amino-alcohol motifs (C(OH)–C–C–N with tert-alkyl or cyclic N) is 1. The lowest BCUT2D eigenvalue weighted by Crippen LogP contribution is -2.38. The van der Waals surface area contributed by atoms with Gasteiger partial charge in [0, 0.05) is 24.7 Å². The Labute approximate surface area is 127 Å². The zero-order chi connectivity index (χ0) is 14.7. The Balaban J connectivity index is 1.65. The predicted molar refractivity (Wildman–Crippen MR) is 83.6 cm³/mol. The van der Waals surface area contributed by atoms with Gasteiger partial charge in [0.05, 0.1) is 13.2 Å². The Morgan fingerprint density at radius 2 is 2.05 bits per heavy atom. The summed E-state index contributed by atoms with van der Waals surface area (Å²) >= 11 is 0. The molecule has 1 aromatic carbocycles. The summed E-state index contributed by atoms with van der Waals surface area (Å²) in [6.45, 7) is 5.34. The first-order chi connectivity index (χ1) is 10.3. The van der Waals surface area contributed by atoms with E-state index in [4.69, 9.17) is 4.74 Å². The zero-order valence-electron chi connectivity index (χ0n) is 12.9. The van der Waals surface area contributed by atoms with E-state index in [9.17, 15) is 5.11 Å². The van der Waals surface area contributed by atoms with E-state index < -0.39 is 6.10 Å². The molecule has 0 saturated carbocycles. The van der Waals surface area contributed by atoms with Crippen LogP contribution in [0.2, 0.25) is 0 Å². The third-order valence-electron chi connectivity index (χ3n) is 4.82. The number of benzene rings is 1. The van der Waals surface area contributed by atoms with Crippen molar-refractivity contribution in [3.8, 4) is 5.75 Å². The summed E-state index contributed by atoms with van der Waals surface area (Å²) in [5, 5.41) is 10.6. The second-order valence-corrected chi connectivity index (χ2v) is 6.20. The van der Waals surface area contributed by atoms with Crippen molar-refractivity contribution in [2.24, 2.45) is 0 Å². The lowest BCUT2D eigenvalue weighted by Gasteiger charge is -2.27. The highest BCUT2D eigenvalue weighted by Crippen LogP contribution is 2.27. The van der Waals surface area contributed by atoms with Crippen molar-refractivity contribution in [3.63, 3.8) is 0 Å². The standard InChI is InChI=1S/C17H26N2O2/c1-21-17-8-3-2-7-15(17)16(20)13-18-9-5-11-19-10-4-6-14(19)12-18/h2-3,7-8,14,16,20H,4-6,9-13H2,1H3. The third kappa shape index (κ3) is 3.39. The van der Waals surface area contributed by atoms with E-state index in [1.165, 1.54) is 32.4 Å². The largest absolute Gasteiger partial charge is 0.496 e. The Bertz CT molecular complexity index is 466. The van der Waals surface area contributed by atoms with Crippen molar-refractivity contribution in [3.05, 3.63) is 29.8 Å². The van der Waals surface area contributed by atoms with Gasteiger partial charge in [0.15, 0.2) is 0 Å². The molecule has 0 spiro atoms. The maximum Gasteiger partial charge on any atom is 0.124 e. The number of fused-ring (bicyclic) bond motifs is 1. The van der Waals surface area contributed by atoms with E-state index in [1.54, 1.807) is 7.11 Å². The molecule has 0 amide bonds. The van der Waals surface area contributed by atoms with Crippen LogP contribution in [0.25, 0.3) is 0 Å². The van der Waals surface area contributed by atoms with Crippen LogP contribution in [0.4, 0.5) is 0 Å². The fraction of sp³-hybridized carbons (Fsp3) is 0.647. The molecule has 2 aliphatic rings. The van der Waals surface area contributed by atoms with Gasteiger partial charge in [0.2, 0.25) is 0 Å². The van der Waals surface area contributed by atoms with E-state index >= 15 is 0 Å². The summed E-state index contributed by atoms with van der Waals surface area (Å²) in [6.07, 6.45) is 3.36. The molecule has 0 radical (unpaired) electrons. The average molecular weight is 290 g/mol. The molecule has 0 aromatic heterocycles. The second kappa shape index (κ2) is 6.77. The maximum atomic E-state index is 10.6. The molecule has 2 fully saturated rings. The number of methoxy groups -OCH3 is 1. The van der Waals surface area contributed by atoms with Crippen LogP contribution in [0.1, 0.15) is 30.9 Å². The monoisotopic (exact) mass is 290 g/mol. The van der Waals surface area contributed by atoms with Crippen LogP contribution in [-0.4, -0.2) is 60.8 Å². The number of hydrogen-bond acceptors (Lipinski definition) is 4. The summed E-state index contributed by atoms with van der Waals surface area (Å²) in [4.78, 5) is 5.04. The molecule has 1 N–H and O–H groups in total. The predicted octanol–water partition coefficient (Wildman–Crippen LogP) is 1.90. The van der Waals surface area contributed by atoms with Crippen molar-refractivity contribution in [1.29, 1.82) is 0 Å². The molecule has 3 rings (SSSR count). The molecule has 116 valence electrons. The number of aliphatic hydroxyl groups is 1. The number of para-hydroxylation sites is 1. The molecular weight excluding hydrogens is 264 g/mol. The number of hydrogen-bond donors (Lipinski definition) is 1. The van der Waals surface area contributed by atoms with Crippen molar-refractivity contribution in [2.75, 3.05) is 39.8 Å². The van der Waals surface area contributed by atoms with E-state index in [0.29, 0.717) is 12.6 Å². The Hall–Kier alpha value is -1.10. The normalized spacial score (nSPS) is 25.3. The fourth-order valence-electron chi connectivity index (χ4n) is 3.73. The molecule has 4 heteroatoms. The Morgan fingerprint density at radius 1 is 1.24 bits per heavy atom. The molecule has 2 atom stereocenters. The molecule has 4 nitrogen and oxygen atoms in total. The van der Waals surface area contributed by atoms with E-state index in [2.05, 4.69) is 9.80 Å². The summed E-state index contributed by atoms with van der Waals surface area (Å²) in [5.41, 5.74) is 0.896. The van der Waals surface area contributed by atoms with Crippen LogP contribution < -0.4 is 4.74 Å². The van der Waals surface area contributed by atoms with Crippen LogP contribution in [0, 0.1) is 0 Å². The van der Waals surface area contributed by atoms with Gasteiger partial charge >= 0.3 is 0 Å². The van der Waals surface area contributed by atoms with Gasteiger partial charge in [-0.2, -0.15) is 0 Å². The van der Waals surface area contributed by atoms with Crippen LogP contribution >= 0.6 is 0 Å². The smallest absolute Gasteiger partial charge is 0.124 e. The van der Waals surface area contributed by atoms with Gasteiger partial charge in [-0.1, -0.05) is 18.2 Å². The number of aliphatic hydroxyl groups excluding tert-OH is 1. The zero-order valence-corrected chi connectivity index (χ0v) is 12.9. The van der Waals surface area contributed by atoms with Gasteiger partial charge in [0.25, 0.3) is 0 Å². The number of ether oxygens (including phenoxy) is 1. The van der Waals surface area contributed by atoms with Gasteiger partial charge in [-0.05, 0) is 45.0 Å². The van der Waals surface area contributed by atoms with Gasteiger partial charge in [-0.25, -0.2) is 0 Å². The molecule has 1 aromatic rings. The first kappa shape index (κ1) is 14.8. The highest BCUT2D eigenvalue weighted by atomic mass is 16.5. The van der Waals surface area contributed by atoms with Gasteiger partial charge in [0.1, 0.15) is 5.75 Å². The Morgan fingerprint density at radius 3 is 2.90 bits per heavy atom. The molecule has 0 bridgehead atoms. The summed E-state index contributed by atoms with van der Waals surface area (Å²) < 4.78 is 5.36. The van der Waals surface area contributed by atoms with E-state index in [0.717, 1.165) is 24.4 Å². The van der Waals surface area contributed by atoms with Gasteiger partial charge < -0.3 is 9.84 Å². The first-order valence-electron chi connectivity index (χ1n) is 8.05. The van der Waals surface area contributed by atoms with Crippen LogP contribution in [-0.2, 0) is 0 Å². The fourth-order valence-corrected chi connectivity index (χ4v) is 3.73. The highest BCUT2D eigenvalue weighted by Gasteiger charge is 2.29. The number of rotatable bonds is 4. The second-order valence-electron chi connectivity index (χ2n) is 6.20. The lowest BCUT2D eigenvalue weighted by molar-refractivity contribution is 0.105. The molecule has 2 saturated heterocycles. The van der Waals surface area contributed by atoms with Crippen molar-refractivity contribution < 1.29 is 9.84 Å². The van der Waals surface area contributed by atoms with E-state index in [-0.39, 0.29) is 0 Å². The molecular formula is C17H26N2O2. The minimum absolute atomic E-state index is 0.478. The molecule has 2 unspecified atom stereocenters. The molecule has 2 aliphatic heterocycles. The van der Waals surface area contributed by atoms with Crippen LogP contribution in [0.3, 0.4) is 0 Å². The topological polar surface area (TPSA) is 35.9 Å². The maximum absolute atomic E-state index is 10.6. The van der Waals surface area contributed by atoms with Gasteiger partial charge in [-0.15, -0.1) is 0 Å². The van der Waals surface area contributed by atoms with Crippen molar-refractivity contribution >= 4 is 0 Å². The average Bonchev–Trinajstić information content (AvgIpc) is 2.86. The summed E-state index contributed by atoms with van der Waals surface area (Å²) in [7, 11) is 1.66. The van der Waals surface area contributed by atoms with E-state index in [1.807, 2.05) is 24.3 Å². The Kier molecular flexibility index (Phi) is 4.78. The van der Waals surface area contributed by atoms with Crippen molar-refractivity contribution in [2.45, 2.75) is 31.4 Å². The van der Waals surface area contributed by atoms with Crippen molar-refractivity contribution in [1.82, 2.24) is 9.80 Å². The summed E-state index contributed by atoms with van der Waals surface area (Å²) in [5.74, 6) is 0.780. The van der Waals surface area contributed by atoms with Crippen LogP contribution in [0.5, 0.6) is 5.75 Å². The van der Waals surface area contributed by atoms with Crippen LogP contribution in [0.15, 0.2) is 24.3 Å². The molecule has 2 heterocycles. The quantitative estimate of drug-likeness (QED) is 0.919. The summed E-state index contributed by atoms with van der Waals surface area (Å²) in [6, 6.07) is 8.47. The SMILES string of the molecule is COc1ccccc1C(O)CN1CCCN2CCCC2C1. The highest BCUT2D eigenvalue weighted by molar-refractivity contribution is 5.35. The first-order valence-corrected chi connectivity index (χ1v) is 8.05. The minimum Gasteiger partial charge on any atom is -0.496 e.